The molecule has 4 heteroatoms. The van der Waals surface area contributed by atoms with Crippen molar-refractivity contribution >= 4 is 5.91 Å². The van der Waals surface area contributed by atoms with Crippen molar-refractivity contribution in [3.63, 3.8) is 0 Å². The summed E-state index contributed by atoms with van der Waals surface area (Å²) in [4.78, 5) is 12.0. The number of amides is 1. The first-order valence-electron chi connectivity index (χ1n) is 8.06. The molecule has 124 valence electrons. The predicted octanol–water partition coefficient (Wildman–Crippen LogP) is 3.51. The summed E-state index contributed by atoms with van der Waals surface area (Å²) in [6.07, 6.45) is 0.524. The number of hydrogen-bond donors (Lipinski definition) is 1. The van der Waals surface area contributed by atoms with Gasteiger partial charge in [-0.25, -0.2) is 0 Å². The van der Waals surface area contributed by atoms with E-state index in [9.17, 15) is 4.79 Å². The number of nitrogens with one attached hydrogen (secondary N) is 1. The van der Waals surface area contributed by atoms with Gasteiger partial charge in [0.2, 0.25) is 0 Å². The van der Waals surface area contributed by atoms with Crippen LogP contribution in [0.5, 0.6) is 5.75 Å². The summed E-state index contributed by atoms with van der Waals surface area (Å²) in [5.41, 5.74) is 1.12. The Morgan fingerprint density at radius 3 is 2.45 bits per heavy atom. The lowest BCUT2D eigenvalue weighted by Gasteiger charge is -2.18. The predicted molar refractivity (Wildman–Crippen MR) is 89.3 cm³/mol. The second kappa shape index (κ2) is 9.46. The molecule has 0 saturated carbocycles. The number of ether oxygens (including phenoxy) is 2. The van der Waals surface area contributed by atoms with E-state index in [4.69, 9.17) is 9.47 Å². The molecule has 1 unspecified atom stereocenters. The molecule has 22 heavy (non-hydrogen) atoms. The van der Waals surface area contributed by atoms with Crippen LogP contribution in [0, 0.1) is 0 Å². The van der Waals surface area contributed by atoms with Crippen molar-refractivity contribution in [2.45, 2.75) is 59.2 Å². The molecule has 0 heterocycles. The van der Waals surface area contributed by atoms with Gasteiger partial charge in [-0.1, -0.05) is 32.0 Å². The van der Waals surface area contributed by atoms with Crippen LogP contribution in [0.3, 0.4) is 0 Å². The number of benzene rings is 1. The molecule has 0 aliphatic heterocycles. The fourth-order valence-electron chi connectivity index (χ4n) is 2.06. The zero-order chi connectivity index (χ0) is 16.5. The van der Waals surface area contributed by atoms with Crippen LogP contribution < -0.4 is 10.1 Å². The van der Waals surface area contributed by atoms with Crippen molar-refractivity contribution in [3.8, 4) is 5.75 Å². The Kier molecular flexibility index (Phi) is 7.96. The fourth-order valence-corrected chi connectivity index (χ4v) is 2.06. The third-order valence-corrected chi connectivity index (χ3v) is 3.29. The van der Waals surface area contributed by atoms with Gasteiger partial charge in [0.25, 0.3) is 5.91 Å². The van der Waals surface area contributed by atoms with E-state index in [0.29, 0.717) is 19.1 Å². The second-order valence-electron chi connectivity index (χ2n) is 6.02. The zero-order valence-electron chi connectivity index (χ0n) is 14.4. The third kappa shape index (κ3) is 6.48. The number of para-hydroxylation sites is 1. The normalized spacial score (nSPS) is 12.5. The van der Waals surface area contributed by atoms with Gasteiger partial charge in [-0.15, -0.1) is 0 Å². The molecule has 1 aromatic rings. The quantitative estimate of drug-likeness (QED) is 0.710. The molecule has 0 aliphatic carbocycles. The van der Waals surface area contributed by atoms with Crippen LogP contribution in [0.4, 0.5) is 0 Å². The van der Waals surface area contributed by atoms with Crippen LogP contribution >= 0.6 is 0 Å². The maximum atomic E-state index is 12.0. The lowest BCUT2D eigenvalue weighted by molar-refractivity contribution is -0.127. The van der Waals surface area contributed by atoms with Gasteiger partial charge in [-0.3, -0.25) is 4.79 Å². The van der Waals surface area contributed by atoms with Crippen LogP contribution in [0.2, 0.25) is 0 Å². The second-order valence-corrected chi connectivity index (χ2v) is 6.02. The third-order valence-electron chi connectivity index (χ3n) is 3.29. The standard InChI is InChI=1S/C18H29NO3/c1-13(2)16-9-6-7-10-17(16)22-15(5)18(20)19-11-8-12-21-14(3)4/h6-7,9-10,13-15H,8,11-12H2,1-5H3,(H,19,20). The van der Waals surface area contributed by atoms with Crippen LogP contribution in [0.25, 0.3) is 0 Å². The molecule has 1 amide bonds. The highest BCUT2D eigenvalue weighted by molar-refractivity contribution is 5.80. The van der Waals surface area contributed by atoms with Crippen LogP contribution in [0.1, 0.15) is 52.5 Å². The summed E-state index contributed by atoms with van der Waals surface area (Å²) >= 11 is 0. The Morgan fingerprint density at radius 1 is 1.14 bits per heavy atom. The van der Waals surface area contributed by atoms with Crippen molar-refractivity contribution in [1.29, 1.82) is 0 Å². The number of carbonyl (C=O) groups excluding carboxylic acids is 1. The molecule has 0 fully saturated rings. The SMILES string of the molecule is CC(C)OCCCNC(=O)C(C)Oc1ccccc1C(C)C. The van der Waals surface area contributed by atoms with Crippen molar-refractivity contribution in [2.24, 2.45) is 0 Å². The summed E-state index contributed by atoms with van der Waals surface area (Å²) in [7, 11) is 0. The van der Waals surface area contributed by atoms with E-state index in [0.717, 1.165) is 17.7 Å². The molecule has 0 saturated heterocycles. The molecular formula is C18H29NO3. The Balaban J connectivity index is 2.41. The molecule has 0 spiro atoms. The van der Waals surface area contributed by atoms with E-state index in [-0.39, 0.29) is 12.0 Å². The summed E-state index contributed by atoms with van der Waals surface area (Å²) in [6, 6.07) is 7.86. The van der Waals surface area contributed by atoms with E-state index < -0.39 is 6.10 Å². The molecular weight excluding hydrogens is 278 g/mol. The van der Waals surface area contributed by atoms with Crippen molar-refractivity contribution < 1.29 is 14.3 Å². The van der Waals surface area contributed by atoms with Gasteiger partial charge in [0.15, 0.2) is 6.10 Å². The highest BCUT2D eigenvalue weighted by Gasteiger charge is 2.16. The first-order valence-corrected chi connectivity index (χ1v) is 8.06. The molecule has 1 rings (SSSR count). The van der Waals surface area contributed by atoms with E-state index in [1.165, 1.54) is 0 Å². The van der Waals surface area contributed by atoms with Crippen LogP contribution in [-0.4, -0.2) is 31.3 Å². The summed E-state index contributed by atoms with van der Waals surface area (Å²) in [6.45, 7) is 11.3. The van der Waals surface area contributed by atoms with Gasteiger partial charge in [-0.2, -0.15) is 0 Å². The Hall–Kier alpha value is -1.55. The zero-order valence-corrected chi connectivity index (χ0v) is 14.4. The first-order chi connectivity index (χ1) is 10.4. The fraction of sp³-hybridized carbons (Fsp3) is 0.611. The Morgan fingerprint density at radius 2 is 1.82 bits per heavy atom. The number of carbonyl (C=O) groups is 1. The minimum atomic E-state index is -0.508. The van der Waals surface area contributed by atoms with Crippen molar-refractivity contribution in [1.82, 2.24) is 5.32 Å². The summed E-state index contributed by atoms with van der Waals surface area (Å²) in [5, 5.41) is 2.88. The largest absolute Gasteiger partial charge is 0.481 e. The van der Waals surface area contributed by atoms with Crippen LogP contribution in [0.15, 0.2) is 24.3 Å². The Labute approximate surface area is 134 Å². The van der Waals surface area contributed by atoms with Gasteiger partial charge in [-0.05, 0) is 44.7 Å². The minimum absolute atomic E-state index is 0.0943. The van der Waals surface area contributed by atoms with E-state index in [1.807, 2.05) is 38.1 Å². The number of rotatable bonds is 9. The minimum Gasteiger partial charge on any atom is -0.481 e. The monoisotopic (exact) mass is 307 g/mol. The first kappa shape index (κ1) is 18.5. The molecule has 0 bridgehead atoms. The van der Waals surface area contributed by atoms with E-state index in [1.54, 1.807) is 6.92 Å². The maximum Gasteiger partial charge on any atom is 0.260 e. The average molecular weight is 307 g/mol. The summed E-state index contributed by atoms with van der Waals surface area (Å²) in [5.74, 6) is 1.05. The molecule has 0 aliphatic rings. The lowest BCUT2D eigenvalue weighted by Crippen LogP contribution is -2.37. The average Bonchev–Trinajstić information content (AvgIpc) is 2.46. The lowest BCUT2D eigenvalue weighted by atomic mass is 10.0. The smallest absolute Gasteiger partial charge is 0.260 e. The molecule has 1 aromatic carbocycles. The molecule has 4 nitrogen and oxygen atoms in total. The highest BCUT2D eigenvalue weighted by atomic mass is 16.5. The van der Waals surface area contributed by atoms with Gasteiger partial charge in [0, 0.05) is 13.2 Å². The Bertz CT molecular complexity index is 457. The molecule has 0 radical (unpaired) electrons. The highest BCUT2D eigenvalue weighted by Crippen LogP contribution is 2.26. The maximum absolute atomic E-state index is 12.0. The van der Waals surface area contributed by atoms with Gasteiger partial charge >= 0.3 is 0 Å². The van der Waals surface area contributed by atoms with Gasteiger partial charge in [0.05, 0.1) is 6.10 Å². The van der Waals surface area contributed by atoms with Gasteiger partial charge < -0.3 is 14.8 Å². The van der Waals surface area contributed by atoms with E-state index >= 15 is 0 Å². The molecule has 1 atom stereocenters. The van der Waals surface area contributed by atoms with Gasteiger partial charge in [0.1, 0.15) is 5.75 Å². The summed E-state index contributed by atoms with van der Waals surface area (Å²) < 4.78 is 11.3. The van der Waals surface area contributed by atoms with Crippen molar-refractivity contribution in [2.75, 3.05) is 13.2 Å². The van der Waals surface area contributed by atoms with E-state index in [2.05, 4.69) is 19.2 Å². The number of hydrogen-bond acceptors (Lipinski definition) is 3. The topological polar surface area (TPSA) is 47.6 Å². The van der Waals surface area contributed by atoms with Crippen LogP contribution in [-0.2, 0) is 9.53 Å². The van der Waals surface area contributed by atoms with Crippen molar-refractivity contribution in [3.05, 3.63) is 29.8 Å². The molecule has 0 aromatic heterocycles. The molecule has 1 N–H and O–H groups in total.